The molecule has 9 atom stereocenters. The monoisotopic (exact) mass is 608 g/mol. The van der Waals surface area contributed by atoms with Gasteiger partial charge in [-0.25, -0.2) is 0 Å². The Hall–Kier alpha value is -3.04. The average molecular weight is 609 g/mol. The Morgan fingerprint density at radius 2 is 1.16 bits per heavy atom. The quantitative estimate of drug-likeness (QED) is 0.277. The maximum atomic E-state index is 10.5. The number of aliphatic hydroxyl groups is 4. The van der Waals surface area contributed by atoms with E-state index in [4.69, 9.17) is 37.9 Å². The molecule has 5 rings (SSSR count). The van der Waals surface area contributed by atoms with Crippen LogP contribution in [0, 0.1) is 10.8 Å². The van der Waals surface area contributed by atoms with Crippen molar-refractivity contribution in [1.82, 2.24) is 0 Å². The van der Waals surface area contributed by atoms with Gasteiger partial charge >= 0.3 is 0 Å². The number of hydrogen-bond donors (Lipinski definition) is 5. The molecule has 3 heterocycles. The SMILES string of the molecule is COc1cc([C@H]2OC[C@]3(C)[C@@H](c4cc(OC)c(O[C@@H]5O[C@H](CO)[C@@H](O)[C@H](O)[C@H]5O)c(OC)c4)OC[C@]23C)cc(OC)c1O. The lowest BCUT2D eigenvalue weighted by Crippen LogP contribution is -2.60. The van der Waals surface area contributed by atoms with Crippen LogP contribution in [0.15, 0.2) is 24.3 Å². The van der Waals surface area contributed by atoms with E-state index in [1.807, 2.05) is 0 Å². The summed E-state index contributed by atoms with van der Waals surface area (Å²) < 4.78 is 46.4. The molecule has 0 unspecified atom stereocenters. The van der Waals surface area contributed by atoms with Gasteiger partial charge in [0.25, 0.3) is 0 Å². The van der Waals surface area contributed by atoms with Gasteiger partial charge in [0, 0.05) is 10.8 Å². The maximum absolute atomic E-state index is 10.5. The van der Waals surface area contributed by atoms with E-state index in [9.17, 15) is 25.5 Å². The highest BCUT2D eigenvalue weighted by Crippen LogP contribution is 2.67. The summed E-state index contributed by atoms with van der Waals surface area (Å²) >= 11 is 0. The van der Waals surface area contributed by atoms with Gasteiger partial charge in [-0.05, 0) is 35.4 Å². The highest BCUT2D eigenvalue weighted by Gasteiger charge is 2.65. The molecule has 3 aliphatic heterocycles. The van der Waals surface area contributed by atoms with Crippen LogP contribution in [0.5, 0.6) is 34.5 Å². The minimum absolute atomic E-state index is 0.0906. The summed E-state index contributed by atoms with van der Waals surface area (Å²) in [5, 5.41) is 50.8. The van der Waals surface area contributed by atoms with Crippen LogP contribution < -0.4 is 23.7 Å². The number of hydrogen-bond acceptors (Lipinski definition) is 13. The molecule has 5 N–H and O–H groups in total. The van der Waals surface area contributed by atoms with E-state index in [1.165, 1.54) is 28.4 Å². The second kappa shape index (κ2) is 11.8. The van der Waals surface area contributed by atoms with Gasteiger partial charge in [-0.2, -0.15) is 0 Å². The Kier molecular flexibility index (Phi) is 8.62. The molecule has 13 nitrogen and oxygen atoms in total. The van der Waals surface area contributed by atoms with E-state index in [1.54, 1.807) is 24.3 Å². The first-order valence-corrected chi connectivity index (χ1v) is 13.9. The Bertz CT molecular complexity index is 1270. The second-order valence-corrected chi connectivity index (χ2v) is 11.6. The molecule has 13 heteroatoms. The molecular weight excluding hydrogens is 568 g/mol. The van der Waals surface area contributed by atoms with Gasteiger partial charge in [0.1, 0.15) is 24.4 Å². The van der Waals surface area contributed by atoms with E-state index < -0.39 is 60.4 Å². The molecule has 2 aromatic rings. The fraction of sp³-hybridized carbons (Fsp3) is 0.600. The standard InChI is InChI=1S/C30H40O13/c1-29-12-41-27(30(29,2)13-40-26(29)14-7-16(36-3)21(32)17(8-14)37-4)15-9-18(38-5)25(19(10-15)39-6)43-28-24(35)23(34)22(33)20(11-31)42-28/h7-10,20,22-24,26-28,31-35H,11-13H2,1-6H3/t20-,22-,23+,24-,26-,27-,28+,29-,30-/m1/s1. The third kappa shape index (κ3) is 4.92. The van der Waals surface area contributed by atoms with Crippen molar-refractivity contribution in [2.45, 2.75) is 56.8 Å². The van der Waals surface area contributed by atoms with Gasteiger partial charge in [-0.15, -0.1) is 0 Å². The van der Waals surface area contributed by atoms with Crippen LogP contribution in [0.2, 0.25) is 0 Å². The largest absolute Gasteiger partial charge is 0.502 e. The molecule has 0 saturated carbocycles. The lowest BCUT2D eigenvalue weighted by molar-refractivity contribution is -0.277. The number of phenolic OH excluding ortho intramolecular Hbond substituents is 1. The number of benzene rings is 2. The Morgan fingerprint density at radius 3 is 1.58 bits per heavy atom. The van der Waals surface area contributed by atoms with Crippen LogP contribution in [0.3, 0.4) is 0 Å². The summed E-state index contributed by atoms with van der Waals surface area (Å²) in [6.07, 6.45) is -8.18. The molecule has 0 spiro atoms. The van der Waals surface area contributed by atoms with Crippen LogP contribution in [0.4, 0.5) is 0 Å². The van der Waals surface area contributed by atoms with Gasteiger partial charge in [0.2, 0.25) is 17.8 Å². The van der Waals surface area contributed by atoms with E-state index in [2.05, 4.69) is 13.8 Å². The molecule has 43 heavy (non-hydrogen) atoms. The van der Waals surface area contributed by atoms with Gasteiger partial charge in [-0.1, -0.05) is 13.8 Å². The molecule has 0 aromatic heterocycles. The molecule has 2 aromatic carbocycles. The number of aliphatic hydroxyl groups excluding tert-OH is 4. The Morgan fingerprint density at radius 1 is 0.721 bits per heavy atom. The lowest BCUT2D eigenvalue weighted by Gasteiger charge is -2.40. The van der Waals surface area contributed by atoms with Gasteiger partial charge in [-0.3, -0.25) is 0 Å². The van der Waals surface area contributed by atoms with Crippen LogP contribution in [0.1, 0.15) is 37.2 Å². The molecule has 0 amide bonds. The topological polar surface area (TPSA) is 175 Å². The summed E-state index contributed by atoms with van der Waals surface area (Å²) in [6, 6.07) is 6.96. The second-order valence-electron chi connectivity index (χ2n) is 11.6. The van der Waals surface area contributed by atoms with Crippen molar-refractivity contribution < 1.29 is 63.4 Å². The third-order valence-electron chi connectivity index (χ3n) is 9.23. The summed E-state index contributed by atoms with van der Waals surface area (Å²) in [6.45, 7) is 4.32. The minimum Gasteiger partial charge on any atom is -0.502 e. The predicted octanol–water partition coefficient (Wildman–Crippen LogP) is 1.46. The molecular formula is C30H40O13. The van der Waals surface area contributed by atoms with E-state index in [-0.39, 0.29) is 34.5 Å². The third-order valence-corrected chi connectivity index (χ3v) is 9.23. The molecule has 238 valence electrons. The predicted molar refractivity (Wildman–Crippen MR) is 149 cm³/mol. The van der Waals surface area contributed by atoms with Crippen molar-refractivity contribution in [2.75, 3.05) is 48.3 Å². The van der Waals surface area contributed by atoms with E-state index >= 15 is 0 Å². The number of aromatic hydroxyl groups is 1. The molecule has 3 saturated heterocycles. The molecule has 0 radical (unpaired) electrons. The molecule has 0 bridgehead atoms. The smallest absolute Gasteiger partial charge is 0.229 e. The zero-order chi connectivity index (χ0) is 31.3. The zero-order valence-electron chi connectivity index (χ0n) is 25.0. The van der Waals surface area contributed by atoms with Gasteiger partial charge in [0.05, 0.1) is 60.5 Å². The van der Waals surface area contributed by atoms with Gasteiger partial charge in [0.15, 0.2) is 23.0 Å². The zero-order valence-corrected chi connectivity index (χ0v) is 25.0. The number of phenols is 1. The van der Waals surface area contributed by atoms with Crippen molar-refractivity contribution >= 4 is 0 Å². The van der Waals surface area contributed by atoms with Gasteiger partial charge < -0.3 is 63.4 Å². The number of fused-ring (bicyclic) bond motifs is 1. The average Bonchev–Trinajstić information content (AvgIpc) is 3.43. The fourth-order valence-electron chi connectivity index (χ4n) is 6.40. The van der Waals surface area contributed by atoms with Crippen molar-refractivity contribution in [2.24, 2.45) is 10.8 Å². The number of rotatable bonds is 9. The summed E-state index contributed by atoms with van der Waals surface area (Å²) in [4.78, 5) is 0. The summed E-state index contributed by atoms with van der Waals surface area (Å²) in [7, 11) is 5.83. The first-order valence-electron chi connectivity index (χ1n) is 13.9. The first kappa shape index (κ1) is 31.4. The Balaban J connectivity index is 1.47. The van der Waals surface area contributed by atoms with Crippen molar-refractivity contribution in [3.8, 4) is 34.5 Å². The summed E-state index contributed by atoms with van der Waals surface area (Å²) in [5.41, 5.74) is 0.481. The van der Waals surface area contributed by atoms with Crippen molar-refractivity contribution in [3.63, 3.8) is 0 Å². The normalized spacial score (nSPS) is 35.3. The van der Waals surface area contributed by atoms with Crippen molar-refractivity contribution in [1.29, 1.82) is 0 Å². The highest BCUT2D eigenvalue weighted by molar-refractivity contribution is 5.56. The lowest BCUT2D eigenvalue weighted by atomic mass is 9.62. The van der Waals surface area contributed by atoms with Crippen LogP contribution in [0.25, 0.3) is 0 Å². The maximum Gasteiger partial charge on any atom is 0.229 e. The van der Waals surface area contributed by atoms with E-state index in [0.29, 0.717) is 13.2 Å². The molecule has 0 aliphatic carbocycles. The summed E-state index contributed by atoms with van der Waals surface area (Å²) in [5.74, 6) is 1.04. The van der Waals surface area contributed by atoms with E-state index in [0.717, 1.165) is 11.1 Å². The minimum atomic E-state index is -1.62. The highest BCUT2D eigenvalue weighted by atomic mass is 16.7. The van der Waals surface area contributed by atoms with Crippen LogP contribution >= 0.6 is 0 Å². The fourth-order valence-corrected chi connectivity index (χ4v) is 6.40. The molecule has 3 aliphatic rings. The van der Waals surface area contributed by atoms with Crippen LogP contribution in [-0.2, 0) is 14.2 Å². The molecule has 3 fully saturated rings. The van der Waals surface area contributed by atoms with Crippen LogP contribution in [-0.4, -0.2) is 104 Å². The van der Waals surface area contributed by atoms with Crippen molar-refractivity contribution in [3.05, 3.63) is 35.4 Å². The Labute approximate surface area is 249 Å². The number of ether oxygens (including phenoxy) is 8. The first-order chi connectivity index (χ1) is 20.5. The number of methoxy groups -OCH3 is 4.